The highest BCUT2D eigenvalue weighted by atomic mass is 35.5. The summed E-state index contributed by atoms with van der Waals surface area (Å²) in [4.78, 5) is 24.8. The number of nitrogens with one attached hydrogen (secondary N) is 1. The molecule has 0 aliphatic rings. The smallest absolute Gasteiger partial charge is 0.303 e. The fraction of sp³-hybridized carbons (Fsp3) is 0.355. The van der Waals surface area contributed by atoms with Crippen LogP contribution < -0.4 is 10.1 Å². The Balaban J connectivity index is 2.16. The number of amides is 1. The molecule has 2 rings (SSSR count). The van der Waals surface area contributed by atoms with Gasteiger partial charge in [-0.2, -0.15) is 0 Å². The summed E-state index contributed by atoms with van der Waals surface area (Å²) in [6.45, 7) is 10.2. The van der Waals surface area contributed by atoms with Crippen molar-refractivity contribution in [1.29, 1.82) is 0 Å². The van der Waals surface area contributed by atoms with Crippen molar-refractivity contribution in [2.45, 2.75) is 66.8 Å². The monoisotopic (exact) mass is 555 g/mol. The zero-order valence-corrected chi connectivity index (χ0v) is 24.5. The van der Waals surface area contributed by atoms with Crippen molar-refractivity contribution in [1.82, 2.24) is 5.32 Å². The molecule has 0 radical (unpaired) electrons. The molecule has 0 aliphatic heterocycles. The standard InChI is InChI=1S/C31H38ClNO4S/c1-6-8-15-38-30(22(4)9-10-23(5)32)31(36)33-20-24-16-21(3)17-28(18-24)37-27-13-11-26(12-14-29(34)35)25(7-2)19-27/h6,8,10-11,13,16-19H,7,9,12,14-15,20H2,1-5H3,(H,33,36)(H,34,35)/b8-6-,23-10+,30-22-. The average Bonchev–Trinajstić information content (AvgIpc) is 2.87. The molecule has 0 unspecified atom stereocenters. The first-order chi connectivity index (χ1) is 18.1. The maximum atomic E-state index is 13.1. The lowest BCUT2D eigenvalue weighted by atomic mass is 10.0. The number of thioether (sulfide) groups is 1. The van der Waals surface area contributed by atoms with Gasteiger partial charge in [0.05, 0.1) is 4.91 Å². The highest BCUT2D eigenvalue weighted by molar-refractivity contribution is 8.04. The Morgan fingerprint density at radius 1 is 1.11 bits per heavy atom. The molecule has 0 fully saturated rings. The summed E-state index contributed by atoms with van der Waals surface area (Å²) < 4.78 is 6.17. The van der Waals surface area contributed by atoms with Gasteiger partial charge in [-0.25, -0.2) is 0 Å². The van der Waals surface area contributed by atoms with Gasteiger partial charge >= 0.3 is 5.97 Å². The number of aryl methyl sites for hydroxylation is 3. The number of benzene rings is 2. The minimum Gasteiger partial charge on any atom is -0.481 e. The van der Waals surface area contributed by atoms with E-state index in [0.29, 0.717) is 40.8 Å². The van der Waals surface area contributed by atoms with E-state index in [0.717, 1.165) is 40.0 Å². The first kappa shape index (κ1) is 31.3. The van der Waals surface area contributed by atoms with Gasteiger partial charge in [0.25, 0.3) is 5.91 Å². The third-order valence-electron chi connectivity index (χ3n) is 5.81. The number of ether oxygens (including phenoxy) is 1. The molecule has 0 spiro atoms. The number of allylic oxidation sites excluding steroid dienone is 4. The van der Waals surface area contributed by atoms with Crippen LogP contribution in [0.2, 0.25) is 0 Å². The van der Waals surface area contributed by atoms with Crippen LogP contribution in [0, 0.1) is 6.92 Å². The van der Waals surface area contributed by atoms with E-state index in [4.69, 9.17) is 21.4 Å². The molecule has 2 aromatic rings. The molecule has 38 heavy (non-hydrogen) atoms. The zero-order chi connectivity index (χ0) is 28.1. The molecular formula is C31H38ClNO4S. The molecule has 0 aromatic heterocycles. The maximum absolute atomic E-state index is 13.1. The number of rotatable bonds is 14. The van der Waals surface area contributed by atoms with Crippen molar-refractivity contribution >= 4 is 35.2 Å². The molecule has 1 amide bonds. The first-order valence-electron chi connectivity index (χ1n) is 12.8. The molecule has 0 saturated heterocycles. The normalized spacial score (nSPS) is 12.4. The Morgan fingerprint density at radius 3 is 2.53 bits per heavy atom. The predicted octanol–water partition coefficient (Wildman–Crippen LogP) is 8.10. The fourth-order valence-corrected chi connectivity index (χ4v) is 4.93. The number of hydrogen-bond acceptors (Lipinski definition) is 4. The summed E-state index contributed by atoms with van der Waals surface area (Å²) >= 11 is 7.52. The van der Waals surface area contributed by atoms with Crippen LogP contribution >= 0.6 is 23.4 Å². The summed E-state index contributed by atoms with van der Waals surface area (Å²) in [6, 6.07) is 11.7. The van der Waals surface area contributed by atoms with E-state index in [-0.39, 0.29) is 12.3 Å². The molecule has 7 heteroatoms. The summed E-state index contributed by atoms with van der Waals surface area (Å²) in [7, 11) is 0. The van der Waals surface area contributed by atoms with Crippen molar-refractivity contribution in [3.63, 3.8) is 0 Å². The second kappa shape index (κ2) is 16.1. The Morgan fingerprint density at radius 2 is 1.87 bits per heavy atom. The summed E-state index contributed by atoms with van der Waals surface area (Å²) in [5.41, 5.74) is 5.04. The second-order valence-electron chi connectivity index (χ2n) is 9.10. The molecule has 2 N–H and O–H groups in total. The first-order valence-corrected chi connectivity index (χ1v) is 14.1. The van der Waals surface area contributed by atoms with E-state index in [9.17, 15) is 9.59 Å². The van der Waals surface area contributed by atoms with E-state index < -0.39 is 5.97 Å². The van der Waals surface area contributed by atoms with Crippen LogP contribution in [0.25, 0.3) is 0 Å². The number of hydrogen-bond donors (Lipinski definition) is 2. The topological polar surface area (TPSA) is 75.6 Å². The van der Waals surface area contributed by atoms with Crippen LogP contribution in [-0.4, -0.2) is 22.7 Å². The zero-order valence-electron chi connectivity index (χ0n) is 22.9. The lowest BCUT2D eigenvalue weighted by Crippen LogP contribution is -2.24. The highest BCUT2D eigenvalue weighted by Gasteiger charge is 2.14. The number of carboxylic acids is 1. The van der Waals surface area contributed by atoms with Gasteiger partial charge in [0, 0.05) is 23.8 Å². The summed E-state index contributed by atoms with van der Waals surface area (Å²) in [5.74, 6) is 1.20. The number of aliphatic carboxylic acids is 1. The lowest BCUT2D eigenvalue weighted by molar-refractivity contribution is -0.137. The molecular weight excluding hydrogens is 518 g/mol. The molecule has 5 nitrogen and oxygen atoms in total. The van der Waals surface area contributed by atoms with Crippen molar-refractivity contribution in [2.75, 3.05) is 5.75 Å². The highest BCUT2D eigenvalue weighted by Crippen LogP contribution is 2.28. The number of carbonyl (C=O) groups excluding carboxylic acids is 1. The molecule has 0 heterocycles. The van der Waals surface area contributed by atoms with E-state index in [1.807, 2.05) is 89.2 Å². The predicted molar refractivity (Wildman–Crippen MR) is 159 cm³/mol. The van der Waals surface area contributed by atoms with Gasteiger partial charge in [0.2, 0.25) is 0 Å². The fourth-order valence-electron chi connectivity index (χ4n) is 3.86. The molecule has 0 bridgehead atoms. The van der Waals surface area contributed by atoms with Gasteiger partial charge in [0.15, 0.2) is 0 Å². The van der Waals surface area contributed by atoms with Gasteiger partial charge in [-0.15, -0.1) is 11.8 Å². The largest absolute Gasteiger partial charge is 0.481 e. The van der Waals surface area contributed by atoms with Crippen LogP contribution in [0.1, 0.15) is 62.8 Å². The Kier molecular flexibility index (Phi) is 13.2. The lowest BCUT2D eigenvalue weighted by Gasteiger charge is -2.14. The van der Waals surface area contributed by atoms with Crippen LogP contribution in [0.5, 0.6) is 11.5 Å². The SMILES string of the molecule is C/C=C\CS/C(C(=O)NCc1cc(C)cc(Oc2ccc(CCC(=O)O)c(CC)c2)c1)=C(/C)C/C=C(\C)Cl. The van der Waals surface area contributed by atoms with E-state index in [1.165, 1.54) is 11.8 Å². The van der Waals surface area contributed by atoms with E-state index in [2.05, 4.69) is 5.32 Å². The Bertz CT molecular complexity index is 1210. The quantitative estimate of drug-likeness (QED) is 0.182. The number of carboxylic acid groups (broad SMARTS) is 1. The molecule has 204 valence electrons. The summed E-state index contributed by atoms with van der Waals surface area (Å²) in [6.07, 6.45) is 7.93. The second-order valence-corrected chi connectivity index (χ2v) is 10.7. The van der Waals surface area contributed by atoms with Crippen LogP contribution in [0.3, 0.4) is 0 Å². The van der Waals surface area contributed by atoms with Gasteiger partial charge in [-0.1, -0.05) is 54.5 Å². The van der Waals surface area contributed by atoms with Crippen molar-refractivity contribution < 1.29 is 19.4 Å². The third kappa shape index (κ3) is 10.8. The van der Waals surface area contributed by atoms with Crippen molar-refractivity contribution in [2.24, 2.45) is 0 Å². The van der Waals surface area contributed by atoms with Gasteiger partial charge in [-0.05, 0) is 93.5 Å². The van der Waals surface area contributed by atoms with Crippen molar-refractivity contribution in [3.05, 3.63) is 92.4 Å². The Labute approximate surface area is 236 Å². The number of carbonyl (C=O) groups is 2. The van der Waals surface area contributed by atoms with Gasteiger partial charge < -0.3 is 15.2 Å². The molecule has 0 aliphatic carbocycles. The third-order valence-corrected chi connectivity index (χ3v) is 7.15. The van der Waals surface area contributed by atoms with Gasteiger partial charge in [0.1, 0.15) is 11.5 Å². The maximum Gasteiger partial charge on any atom is 0.303 e. The Hall–Kier alpha value is -2.96. The summed E-state index contributed by atoms with van der Waals surface area (Å²) in [5, 5.41) is 12.8. The minimum atomic E-state index is -0.803. The average molecular weight is 556 g/mol. The van der Waals surface area contributed by atoms with Crippen LogP contribution in [0.15, 0.2) is 70.1 Å². The minimum absolute atomic E-state index is 0.105. The molecule has 0 atom stereocenters. The van der Waals surface area contributed by atoms with Crippen LogP contribution in [-0.2, 0) is 29.0 Å². The molecule has 2 aromatic carbocycles. The van der Waals surface area contributed by atoms with Crippen molar-refractivity contribution in [3.8, 4) is 11.5 Å². The van der Waals surface area contributed by atoms with Gasteiger partial charge in [-0.3, -0.25) is 9.59 Å². The number of halogens is 1. The van der Waals surface area contributed by atoms with E-state index >= 15 is 0 Å². The molecule has 0 saturated carbocycles. The van der Waals surface area contributed by atoms with E-state index in [1.54, 1.807) is 0 Å². The van der Waals surface area contributed by atoms with Crippen LogP contribution in [0.4, 0.5) is 0 Å².